The number of sulfonamides is 1. The topological polar surface area (TPSA) is 84.5 Å². The van der Waals surface area contributed by atoms with Crippen LogP contribution in [-0.4, -0.2) is 27.0 Å². The lowest BCUT2D eigenvalue weighted by molar-refractivity contribution is 0.102. The van der Waals surface area contributed by atoms with Crippen LogP contribution >= 0.6 is 23.2 Å². The Morgan fingerprint density at radius 3 is 2.30 bits per heavy atom. The average Bonchev–Trinajstić information content (AvgIpc) is 2.54. The molecule has 0 radical (unpaired) electrons. The highest BCUT2D eigenvalue weighted by atomic mass is 35.5. The van der Waals surface area contributed by atoms with Gasteiger partial charge >= 0.3 is 0 Å². The summed E-state index contributed by atoms with van der Waals surface area (Å²) in [6.45, 7) is 5.16. The fourth-order valence-electron chi connectivity index (χ4n) is 2.27. The molecule has 2 aromatic rings. The number of hydrogen-bond donors (Lipinski definition) is 2. The summed E-state index contributed by atoms with van der Waals surface area (Å²) in [5.41, 5.74) is -0.200. The van der Waals surface area contributed by atoms with E-state index in [0.717, 1.165) is 0 Å². The van der Waals surface area contributed by atoms with Gasteiger partial charge in [-0.15, -0.1) is 0 Å². The van der Waals surface area contributed by atoms with E-state index < -0.39 is 21.5 Å². The number of methoxy groups -OCH3 is 1. The van der Waals surface area contributed by atoms with Gasteiger partial charge in [0.2, 0.25) is 10.0 Å². The highest BCUT2D eigenvalue weighted by molar-refractivity contribution is 7.89. The van der Waals surface area contributed by atoms with Crippen LogP contribution in [0.2, 0.25) is 10.0 Å². The van der Waals surface area contributed by atoms with E-state index in [-0.39, 0.29) is 21.2 Å². The molecule has 6 nitrogen and oxygen atoms in total. The number of nitrogens with one attached hydrogen (secondary N) is 2. The molecule has 0 aliphatic carbocycles. The molecule has 0 spiro atoms. The Morgan fingerprint density at radius 2 is 1.74 bits per heavy atom. The molecule has 0 atom stereocenters. The normalized spacial score (nSPS) is 11.9. The molecule has 0 fully saturated rings. The van der Waals surface area contributed by atoms with Gasteiger partial charge in [-0.2, -0.15) is 0 Å². The van der Waals surface area contributed by atoms with Crippen LogP contribution in [0.25, 0.3) is 0 Å². The van der Waals surface area contributed by atoms with Gasteiger partial charge in [-0.05, 0) is 57.2 Å². The third kappa shape index (κ3) is 5.59. The number of rotatable bonds is 5. The smallest absolute Gasteiger partial charge is 0.255 e. The first-order valence-electron chi connectivity index (χ1n) is 7.91. The molecule has 9 heteroatoms. The summed E-state index contributed by atoms with van der Waals surface area (Å²) in [7, 11) is -2.54. The van der Waals surface area contributed by atoms with Gasteiger partial charge in [-0.3, -0.25) is 4.79 Å². The van der Waals surface area contributed by atoms with Gasteiger partial charge in [0.05, 0.1) is 17.8 Å². The minimum absolute atomic E-state index is 0.130. The van der Waals surface area contributed by atoms with Crippen molar-refractivity contribution in [2.24, 2.45) is 0 Å². The highest BCUT2D eigenvalue weighted by Gasteiger charge is 2.26. The minimum atomic E-state index is -3.90. The zero-order chi connectivity index (χ0) is 20.4. The van der Waals surface area contributed by atoms with Gasteiger partial charge in [0.25, 0.3) is 5.91 Å². The SMILES string of the molecule is COc1ccc(C(=O)Nc2ccc(Cl)cc2Cl)cc1S(=O)(=O)NC(C)(C)C. The maximum atomic E-state index is 12.7. The van der Waals surface area contributed by atoms with Crippen LogP contribution in [0, 0.1) is 0 Å². The number of anilines is 1. The summed E-state index contributed by atoms with van der Waals surface area (Å²) in [6.07, 6.45) is 0. The molecule has 2 N–H and O–H groups in total. The summed E-state index contributed by atoms with van der Waals surface area (Å²) in [5, 5.41) is 3.34. The molecule has 0 saturated carbocycles. The van der Waals surface area contributed by atoms with E-state index in [1.807, 2.05) is 0 Å². The van der Waals surface area contributed by atoms with Crippen molar-refractivity contribution in [3.8, 4) is 5.75 Å². The van der Waals surface area contributed by atoms with Gasteiger partial charge in [-0.25, -0.2) is 13.1 Å². The molecule has 0 bridgehead atoms. The fraction of sp³-hybridized carbons (Fsp3) is 0.278. The van der Waals surface area contributed by atoms with Crippen molar-refractivity contribution in [3.05, 3.63) is 52.0 Å². The second-order valence-electron chi connectivity index (χ2n) is 6.80. The second-order valence-corrected chi connectivity index (χ2v) is 9.29. The Labute approximate surface area is 168 Å². The van der Waals surface area contributed by atoms with E-state index >= 15 is 0 Å². The number of amides is 1. The second kappa shape index (κ2) is 8.06. The predicted octanol–water partition coefficient (Wildman–Crippen LogP) is 4.33. The van der Waals surface area contributed by atoms with E-state index in [2.05, 4.69) is 10.0 Å². The number of halogens is 2. The molecule has 0 saturated heterocycles. The maximum absolute atomic E-state index is 12.7. The quantitative estimate of drug-likeness (QED) is 0.738. The van der Waals surface area contributed by atoms with Crippen LogP contribution in [-0.2, 0) is 10.0 Å². The van der Waals surface area contributed by atoms with Crippen LogP contribution in [0.5, 0.6) is 5.75 Å². The molecule has 1 amide bonds. The van der Waals surface area contributed by atoms with E-state index in [1.54, 1.807) is 32.9 Å². The summed E-state index contributed by atoms with van der Waals surface area (Å²) in [6, 6.07) is 8.79. The Kier molecular flexibility index (Phi) is 6.42. The molecule has 0 aliphatic heterocycles. The number of ether oxygens (including phenoxy) is 1. The van der Waals surface area contributed by atoms with Crippen LogP contribution in [0.4, 0.5) is 5.69 Å². The summed E-state index contributed by atoms with van der Waals surface area (Å²) in [4.78, 5) is 12.4. The van der Waals surface area contributed by atoms with Crippen molar-refractivity contribution in [1.82, 2.24) is 4.72 Å². The molecule has 0 aliphatic rings. The number of carbonyl (C=O) groups is 1. The van der Waals surface area contributed by atoms with E-state index in [1.165, 1.54) is 31.4 Å². The van der Waals surface area contributed by atoms with Crippen molar-refractivity contribution in [1.29, 1.82) is 0 Å². The Morgan fingerprint density at radius 1 is 1.07 bits per heavy atom. The van der Waals surface area contributed by atoms with Crippen LogP contribution in [0.15, 0.2) is 41.3 Å². The first-order chi connectivity index (χ1) is 12.4. The highest BCUT2D eigenvalue weighted by Crippen LogP contribution is 2.28. The summed E-state index contributed by atoms with van der Waals surface area (Å²) >= 11 is 11.9. The summed E-state index contributed by atoms with van der Waals surface area (Å²) in [5.74, 6) is -0.387. The standard InChI is InChI=1S/C18H20Cl2N2O4S/c1-18(2,3)22-27(24,25)16-9-11(5-8-15(16)26-4)17(23)21-14-7-6-12(19)10-13(14)20/h5-10,22H,1-4H3,(H,21,23). The summed E-state index contributed by atoms with van der Waals surface area (Å²) < 4.78 is 33.1. The largest absolute Gasteiger partial charge is 0.495 e. The van der Waals surface area contributed by atoms with Gasteiger partial charge in [0.1, 0.15) is 10.6 Å². The van der Waals surface area contributed by atoms with Crippen molar-refractivity contribution >= 4 is 44.8 Å². The minimum Gasteiger partial charge on any atom is -0.495 e. The van der Waals surface area contributed by atoms with Crippen LogP contribution in [0.3, 0.4) is 0 Å². The first kappa shape index (κ1) is 21.5. The third-order valence-electron chi connectivity index (χ3n) is 3.34. The lowest BCUT2D eigenvalue weighted by atomic mass is 10.1. The first-order valence-corrected chi connectivity index (χ1v) is 10.2. The number of carbonyl (C=O) groups excluding carboxylic acids is 1. The van der Waals surface area contributed by atoms with Gasteiger partial charge < -0.3 is 10.1 Å². The van der Waals surface area contributed by atoms with E-state index in [0.29, 0.717) is 10.7 Å². The average molecular weight is 431 g/mol. The molecular formula is C18H20Cl2N2O4S. The molecule has 2 aromatic carbocycles. The van der Waals surface area contributed by atoms with Crippen LogP contribution in [0.1, 0.15) is 31.1 Å². The molecule has 27 heavy (non-hydrogen) atoms. The Balaban J connectivity index is 2.40. The van der Waals surface area contributed by atoms with Crippen molar-refractivity contribution < 1.29 is 17.9 Å². The zero-order valence-electron chi connectivity index (χ0n) is 15.3. The maximum Gasteiger partial charge on any atom is 0.255 e. The van der Waals surface area contributed by atoms with E-state index in [4.69, 9.17) is 27.9 Å². The molecule has 0 unspecified atom stereocenters. The number of benzene rings is 2. The van der Waals surface area contributed by atoms with Gasteiger partial charge in [-0.1, -0.05) is 23.2 Å². The Bertz CT molecular complexity index is 970. The molecule has 0 heterocycles. The molecule has 146 valence electrons. The monoisotopic (exact) mass is 430 g/mol. The fourth-order valence-corrected chi connectivity index (χ4v) is 4.34. The lowest BCUT2D eigenvalue weighted by Gasteiger charge is -2.21. The van der Waals surface area contributed by atoms with Crippen molar-refractivity contribution in [2.45, 2.75) is 31.2 Å². The van der Waals surface area contributed by atoms with Gasteiger partial charge in [0, 0.05) is 16.1 Å². The van der Waals surface area contributed by atoms with Crippen molar-refractivity contribution in [2.75, 3.05) is 12.4 Å². The van der Waals surface area contributed by atoms with E-state index in [9.17, 15) is 13.2 Å². The Hall–Kier alpha value is -1.80. The number of hydrogen-bond acceptors (Lipinski definition) is 4. The van der Waals surface area contributed by atoms with Gasteiger partial charge in [0.15, 0.2) is 0 Å². The lowest BCUT2D eigenvalue weighted by Crippen LogP contribution is -2.40. The zero-order valence-corrected chi connectivity index (χ0v) is 17.6. The van der Waals surface area contributed by atoms with Crippen molar-refractivity contribution in [3.63, 3.8) is 0 Å². The molecule has 2 rings (SSSR count). The molecular weight excluding hydrogens is 411 g/mol. The predicted molar refractivity (Wildman–Crippen MR) is 107 cm³/mol. The third-order valence-corrected chi connectivity index (χ3v) is 5.66. The van der Waals surface area contributed by atoms with Crippen LogP contribution < -0.4 is 14.8 Å². The molecule has 0 aromatic heterocycles.